The maximum absolute atomic E-state index is 13.6. The van der Waals surface area contributed by atoms with Gasteiger partial charge in [-0.15, -0.1) is 10.2 Å². The van der Waals surface area contributed by atoms with Crippen molar-refractivity contribution in [2.45, 2.75) is 30.1 Å². The van der Waals surface area contributed by atoms with Crippen LogP contribution in [0.1, 0.15) is 17.5 Å². The van der Waals surface area contributed by atoms with Crippen LogP contribution in [0.2, 0.25) is 0 Å². The SMILES string of the molecule is COCCCn1c(SCc2ccc(F)cc2C(F)(F)F)nnc1-c1cc(-c2ccccc2)nc2ccccc12. The summed E-state index contributed by atoms with van der Waals surface area (Å²) in [5, 5.41) is 10.2. The molecule has 0 spiro atoms. The smallest absolute Gasteiger partial charge is 0.385 e. The summed E-state index contributed by atoms with van der Waals surface area (Å²) in [7, 11) is 1.61. The summed E-state index contributed by atoms with van der Waals surface area (Å²) in [6.45, 7) is 0.982. The number of ether oxygens (including phenoxy) is 1. The van der Waals surface area contributed by atoms with E-state index in [4.69, 9.17) is 9.72 Å². The molecule has 0 aliphatic heterocycles. The molecule has 5 aromatic rings. The molecule has 10 heteroatoms. The summed E-state index contributed by atoms with van der Waals surface area (Å²) in [6, 6.07) is 22.2. The molecular weight excluding hydrogens is 528 g/mol. The van der Waals surface area contributed by atoms with E-state index >= 15 is 0 Å². The molecule has 0 saturated heterocycles. The molecule has 0 N–H and O–H groups in total. The van der Waals surface area contributed by atoms with Gasteiger partial charge in [0.05, 0.1) is 16.8 Å². The molecule has 0 bridgehead atoms. The minimum atomic E-state index is -4.67. The summed E-state index contributed by atoms with van der Waals surface area (Å²) < 4.78 is 61.4. The van der Waals surface area contributed by atoms with Crippen LogP contribution in [0.15, 0.2) is 84.0 Å². The number of aromatic nitrogens is 4. The van der Waals surface area contributed by atoms with Gasteiger partial charge >= 0.3 is 6.18 Å². The molecule has 0 aliphatic carbocycles. The Morgan fingerprint density at radius 2 is 1.69 bits per heavy atom. The predicted octanol–water partition coefficient (Wildman–Crippen LogP) is 7.65. The quantitative estimate of drug-likeness (QED) is 0.107. The van der Waals surface area contributed by atoms with Crippen LogP contribution in [0, 0.1) is 5.82 Å². The Labute approximate surface area is 226 Å². The zero-order valence-corrected chi connectivity index (χ0v) is 21.8. The first-order valence-electron chi connectivity index (χ1n) is 12.2. The van der Waals surface area contributed by atoms with Crippen LogP contribution in [0.4, 0.5) is 17.6 Å². The Bertz CT molecular complexity index is 1590. The first-order chi connectivity index (χ1) is 18.8. The number of halogens is 4. The molecule has 0 aliphatic rings. The highest BCUT2D eigenvalue weighted by Crippen LogP contribution is 2.37. The number of pyridine rings is 1. The Balaban J connectivity index is 1.57. The zero-order valence-electron chi connectivity index (χ0n) is 21.0. The standard InChI is InChI=1S/C29H24F4N4OS/c1-38-15-7-14-37-27(35-36-28(37)39-18-20-12-13-21(30)16-24(20)29(31,32)33)23-17-26(19-8-3-2-4-9-19)34-25-11-6-5-10-22(23)25/h2-6,8-13,16-17H,7,14-15,18H2,1H3. The van der Waals surface area contributed by atoms with E-state index in [9.17, 15) is 17.6 Å². The van der Waals surface area contributed by atoms with E-state index in [2.05, 4.69) is 10.2 Å². The minimum Gasteiger partial charge on any atom is -0.385 e. The Morgan fingerprint density at radius 1 is 0.923 bits per heavy atom. The lowest BCUT2D eigenvalue weighted by molar-refractivity contribution is -0.138. The monoisotopic (exact) mass is 552 g/mol. The van der Waals surface area contributed by atoms with Crippen LogP contribution in [0.5, 0.6) is 0 Å². The van der Waals surface area contributed by atoms with Gasteiger partial charge in [-0.2, -0.15) is 13.2 Å². The van der Waals surface area contributed by atoms with Crippen LogP contribution in [0.25, 0.3) is 33.5 Å². The third-order valence-corrected chi connectivity index (χ3v) is 7.22. The Morgan fingerprint density at radius 3 is 2.46 bits per heavy atom. The fourth-order valence-corrected chi connectivity index (χ4v) is 5.33. The number of hydrogen-bond donors (Lipinski definition) is 0. The van der Waals surface area contributed by atoms with Crippen LogP contribution in [-0.4, -0.2) is 33.5 Å². The number of nitrogens with zero attached hydrogens (tertiary/aromatic N) is 4. The topological polar surface area (TPSA) is 52.8 Å². The number of benzene rings is 3. The maximum Gasteiger partial charge on any atom is 0.416 e. The van der Waals surface area contributed by atoms with Crippen molar-refractivity contribution in [3.8, 4) is 22.6 Å². The second kappa shape index (κ2) is 11.5. The van der Waals surface area contributed by atoms with Crippen molar-refractivity contribution in [1.29, 1.82) is 0 Å². The number of thioether (sulfide) groups is 1. The van der Waals surface area contributed by atoms with Crippen molar-refractivity contribution in [3.63, 3.8) is 0 Å². The molecule has 5 rings (SSSR count). The largest absolute Gasteiger partial charge is 0.416 e. The average molecular weight is 553 g/mol. The number of methoxy groups -OCH3 is 1. The average Bonchev–Trinajstić information content (AvgIpc) is 3.34. The van der Waals surface area contributed by atoms with Crippen LogP contribution < -0.4 is 0 Å². The summed E-state index contributed by atoms with van der Waals surface area (Å²) >= 11 is 1.13. The second-order valence-corrected chi connectivity index (χ2v) is 9.77. The van der Waals surface area contributed by atoms with Gasteiger partial charge in [-0.1, -0.05) is 66.4 Å². The normalized spacial score (nSPS) is 11.8. The third-order valence-electron chi connectivity index (χ3n) is 6.21. The van der Waals surface area contributed by atoms with E-state index in [0.29, 0.717) is 36.6 Å². The van der Waals surface area contributed by atoms with Gasteiger partial charge < -0.3 is 9.30 Å². The number of fused-ring (bicyclic) bond motifs is 1. The summed E-state index contributed by atoms with van der Waals surface area (Å²) in [6.07, 6.45) is -4.02. The highest BCUT2D eigenvalue weighted by molar-refractivity contribution is 7.98. The van der Waals surface area contributed by atoms with E-state index in [1.807, 2.05) is 65.2 Å². The van der Waals surface area contributed by atoms with Crippen molar-refractivity contribution in [3.05, 3.63) is 95.8 Å². The molecule has 0 radical (unpaired) electrons. The lowest BCUT2D eigenvalue weighted by Gasteiger charge is -2.14. The number of alkyl halides is 3. The summed E-state index contributed by atoms with van der Waals surface area (Å²) in [5.41, 5.74) is 2.30. The second-order valence-electron chi connectivity index (χ2n) is 8.83. The predicted molar refractivity (Wildman–Crippen MR) is 144 cm³/mol. The molecular formula is C29H24F4N4OS. The number of para-hydroxylation sites is 1. The van der Waals surface area contributed by atoms with Crippen molar-refractivity contribution in [2.24, 2.45) is 0 Å². The highest BCUT2D eigenvalue weighted by Gasteiger charge is 2.34. The molecule has 39 heavy (non-hydrogen) atoms. The lowest BCUT2D eigenvalue weighted by atomic mass is 10.0. The van der Waals surface area contributed by atoms with Gasteiger partial charge in [0, 0.05) is 42.5 Å². The molecule has 5 nitrogen and oxygen atoms in total. The summed E-state index contributed by atoms with van der Waals surface area (Å²) in [4.78, 5) is 4.84. The first-order valence-corrected chi connectivity index (χ1v) is 13.2. The highest BCUT2D eigenvalue weighted by atomic mass is 32.2. The van der Waals surface area contributed by atoms with Gasteiger partial charge in [-0.05, 0) is 36.2 Å². The fourth-order valence-electron chi connectivity index (χ4n) is 4.36. The van der Waals surface area contributed by atoms with Gasteiger partial charge in [0.2, 0.25) is 0 Å². The number of rotatable bonds is 9. The van der Waals surface area contributed by atoms with Crippen LogP contribution in [-0.2, 0) is 23.2 Å². The third kappa shape index (κ3) is 5.97. The lowest BCUT2D eigenvalue weighted by Crippen LogP contribution is -2.10. The van der Waals surface area contributed by atoms with E-state index in [0.717, 1.165) is 45.6 Å². The molecule has 2 aromatic heterocycles. The van der Waals surface area contributed by atoms with Crippen molar-refractivity contribution in [1.82, 2.24) is 19.7 Å². The van der Waals surface area contributed by atoms with Crippen LogP contribution >= 0.6 is 11.8 Å². The Kier molecular flexibility index (Phi) is 7.94. The molecule has 0 saturated carbocycles. The maximum atomic E-state index is 13.6. The molecule has 0 fully saturated rings. The molecule has 0 atom stereocenters. The van der Waals surface area contributed by atoms with E-state index < -0.39 is 17.6 Å². The van der Waals surface area contributed by atoms with E-state index in [-0.39, 0.29) is 11.3 Å². The van der Waals surface area contributed by atoms with E-state index in [1.165, 1.54) is 6.07 Å². The fraction of sp³-hybridized carbons (Fsp3) is 0.207. The first kappa shape index (κ1) is 26.8. The molecule has 0 amide bonds. The molecule has 0 unspecified atom stereocenters. The van der Waals surface area contributed by atoms with Gasteiger partial charge in [-0.25, -0.2) is 9.37 Å². The van der Waals surface area contributed by atoms with E-state index in [1.54, 1.807) is 7.11 Å². The van der Waals surface area contributed by atoms with Gasteiger partial charge in [0.1, 0.15) is 5.82 Å². The van der Waals surface area contributed by atoms with Crippen molar-refractivity contribution in [2.75, 3.05) is 13.7 Å². The summed E-state index contributed by atoms with van der Waals surface area (Å²) in [5.74, 6) is -0.399. The molecule has 3 aromatic carbocycles. The molecule has 2 heterocycles. The Hall–Kier alpha value is -3.76. The van der Waals surface area contributed by atoms with Crippen LogP contribution in [0.3, 0.4) is 0 Å². The van der Waals surface area contributed by atoms with Crippen molar-refractivity contribution >= 4 is 22.7 Å². The van der Waals surface area contributed by atoms with Gasteiger partial charge in [0.25, 0.3) is 0 Å². The zero-order chi connectivity index (χ0) is 27.4. The molecule has 200 valence electrons. The number of hydrogen-bond acceptors (Lipinski definition) is 5. The van der Waals surface area contributed by atoms with Gasteiger partial charge in [0.15, 0.2) is 11.0 Å². The van der Waals surface area contributed by atoms with Gasteiger partial charge in [-0.3, -0.25) is 0 Å². The minimum absolute atomic E-state index is 0.0254. The van der Waals surface area contributed by atoms with Crippen molar-refractivity contribution < 1.29 is 22.3 Å².